The zero-order chi connectivity index (χ0) is 19.2. The Morgan fingerprint density at radius 2 is 1.93 bits per heavy atom. The highest BCUT2D eigenvalue weighted by atomic mass is 19.1. The van der Waals surface area contributed by atoms with Gasteiger partial charge in [0, 0.05) is 5.56 Å². The van der Waals surface area contributed by atoms with Crippen LogP contribution >= 0.6 is 0 Å². The molecule has 3 rings (SSSR count). The minimum absolute atomic E-state index is 0.274. The molecule has 0 fully saturated rings. The smallest absolute Gasteiger partial charge is 0.287 e. The summed E-state index contributed by atoms with van der Waals surface area (Å²) >= 11 is 0. The summed E-state index contributed by atoms with van der Waals surface area (Å²) in [5, 5.41) is 6.90. The highest BCUT2D eigenvalue weighted by Crippen LogP contribution is 2.28. The van der Waals surface area contributed by atoms with Crippen LogP contribution in [0.5, 0.6) is 5.75 Å². The summed E-state index contributed by atoms with van der Waals surface area (Å²) in [5.41, 5.74) is 8.00. The van der Waals surface area contributed by atoms with Gasteiger partial charge in [-0.1, -0.05) is 18.7 Å². The van der Waals surface area contributed by atoms with E-state index < -0.39 is 5.91 Å². The van der Waals surface area contributed by atoms with E-state index in [1.807, 2.05) is 31.2 Å². The lowest BCUT2D eigenvalue weighted by molar-refractivity contribution is 0.0937. The van der Waals surface area contributed by atoms with Crippen molar-refractivity contribution < 1.29 is 13.9 Å². The first-order valence-corrected chi connectivity index (χ1v) is 8.37. The molecule has 0 saturated heterocycles. The lowest BCUT2D eigenvalue weighted by atomic mass is 10.1. The van der Waals surface area contributed by atoms with Gasteiger partial charge in [0.15, 0.2) is 0 Å². The maximum atomic E-state index is 13.0. The average molecular weight is 366 g/mol. The molecular formula is C20H19FN4O2. The Hall–Kier alpha value is -3.61. The van der Waals surface area contributed by atoms with Crippen LogP contribution in [0, 0.1) is 5.82 Å². The van der Waals surface area contributed by atoms with Crippen molar-refractivity contribution in [2.75, 3.05) is 6.61 Å². The topological polar surface area (TPSA) is 79.0 Å². The van der Waals surface area contributed by atoms with E-state index in [1.165, 1.54) is 12.1 Å². The third kappa shape index (κ3) is 4.33. The molecule has 138 valence electrons. The van der Waals surface area contributed by atoms with E-state index in [0.29, 0.717) is 29.3 Å². The molecule has 1 aromatic heterocycles. The first-order chi connectivity index (χ1) is 13.1. The van der Waals surface area contributed by atoms with Crippen molar-refractivity contribution in [3.8, 4) is 17.0 Å². The number of carbonyl (C=O) groups is 1. The van der Waals surface area contributed by atoms with Gasteiger partial charge in [-0.15, -0.1) is 0 Å². The van der Waals surface area contributed by atoms with Gasteiger partial charge in [0.25, 0.3) is 5.91 Å². The molecule has 0 radical (unpaired) electrons. The number of amides is 1. The number of rotatable bonds is 7. The van der Waals surface area contributed by atoms with Crippen LogP contribution in [0.15, 0.2) is 61.2 Å². The number of carbonyl (C=O) groups excluding carboxylic acids is 1. The number of para-hydroxylation sites is 1. The van der Waals surface area contributed by atoms with Crippen LogP contribution in [0.3, 0.4) is 0 Å². The molecule has 0 bridgehead atoms. The number of aromatic amines is 1. The van der Waals surface area contributed by atoms with Gasteiger partial charge >= 0.3 is 0 Å². The lowest BCUT2D eigenvalue weighted by Crippen LogP contribution is -2.36. The standard InChI is InChI=1S/C20H19FN4O2/c1-3-27-19-7-5-4-6-16(19)17-12-18(24-23-17)20(26)25-22-13(2)14-8-10-15(21)11-9-14/h4-12,22H,2-3H2,1H3,(H,23,24)(H,25,26). The number of halogens is 1. The lowest BCUT2D eigenvalue weighted by Gasteiger charge is -2.10. The molecule has 0 unspecified atom stereocenters. The fraction of sp³-hybridized carbons (Fsp3) is 0.100. The molecule has 0 atom stereocenters. The molecular weight excluding hydrogens is 347 g/mol. The van der Waals surface area contributed by atoms with Crippen molar-refractivity contribution in [2.24, 2.45) is 0 Å². The molecule has 3 N–H and O–H groups in total. The van der Waals surface area contributed by atoms with Crippen LogP contribution in [0.1, 0.15) is 23.0 Å². The molecule has 3 aromatic rings. The minimum Gasteiger partial charge on any atom is -0.493 e. The molecule has 0 saturated carbocycles. The monoisotopic (exact) mass is 366 g/mol. The van der Waals surface area contributed by atoms with Gasteiger partial charge in [0.1, 0.15) is 17.3 Å². The van der Waals surface area contributed by atoms with Crippen LogP contribution < -0.4 is 15.6 Å². The quantitative estimate of drug-likeness (QED) is 0.559. The molecule has 27 heavy (non-hydrogen) atoms. The van der Waals surface area contributed by atoms with Crippen LogP contribution in [-0.2, 0) is 0 Å². The Morgan fingerprint density at radius 1 is 1.19 bits per heavy atom. The summed E-state index contributed by atoms with van der Waals surface area (Å²) in [5.74, 6) is -0.0555. The van der Waals surface area contributed by atoms with Gasteiger partial charge in [-0.05, 0) is 55.0 Å². The largest absolute Gasteiger partial charge is 0.493 e. The van der Waals surface area contributed by atoms with Crippen molar-refractivity contribution in [2.45, 2.75) is 6.92 Å². The number of aromatic nitrogens is 2. The van der Waals surface area contributed by atoms with Gasteiger partial charge in [0.05, 0.1) is 18.0 Å². The van der Waals surface area contributed by atoms with E-state index >= 15 is 0 Å². The van der Waals surface area contributed by atoms with Crippen LogP contribution in [0.2, 0.25) is 0 Å². The number of ether oxygens (including phenoxy) is 1. The Morgan fingerprint density at radius 3 is 2.67 bits per heavy atom. The second-order valence-electron chi connectivity index (χ2n) is 5.66. The van der Waals surface area contributed by atoms with Gasteiger partial charge in [-0.3, -0.25) is 20.7 Å². The summed E-state index contributed by atoms with van der Waals surface area (Å²) in [6, 6.07) is 14.9. The van der Waals surface area contributed by atoms with Gasteiger partial charge in [-0.2, -0.15) is 5.10 Å². The molecule has 2 aromatic carbocycles. The molecule has 1 heterocycles. The van der Waals surface area contributed by atoms with E-state index in [-0.39, 0.29) is 11.5 Å². The summed E-state index contributed by atoms with van der Waals surface area (Å²) in [7, 11) is 0. The molecule has 0 aliphatic carbocycles. The van der Waals surface area contributed by atoms with Gasteiger partial charge in [-0.25, -0.2) is 4.39 Å². The summed E-state index contributed by atoms with van der Waals surface area (Å²) in [4.78, 5) is 12.3. The summed E-state index contributed by atoms with van der Waals surface area (Å²) in [6.07, 6.45) is 0. The van der Waals surface area contributed by atoms with Gasteiger partial charge in [0.2, 0.25) is 0 Å². The van der Waals surface area contributed by atoms with E-state index in [9.17, 15) is 9.18 Å². The molecule has 6 nitrogen and oxygen atoms in total. The molecule has 7 heteroatoms. The number of H-pyrrole nitrogens is 1. The van der Waals surface area contributed by atoms with Crippen LogP contribution in [-0.4, -0.2) is 22.7 Å². The third-order valence-electron chi connectivity index (χ3n) is 3.80. The number of nitrogens with one attached hydrogen (secondary N) is 3. The summed E-state index contributed by atoms with van der Waals surface area (Å²) in [6.45, 7) is 6.25. The van der Waals surface area contributed by atoms with Crippen LogP contribution in [0.4, 0.5) is 4.39 Å². The molecule has 1 amide bonds. The molecule has 0 aliphatic rings. The number of benzene rings is 2. The highest BCUT2D eigenvalue weighted by Gasteiger charge is 2.14. The maximum Gasteiger partial charge on any atom is 0.287 e. The second kappa shape index (κ2) is 8.18. The van der Waals surface area contributed by atoms with Crippen molar-refractivity contribution in [3.63, 3.8) is 0 Å². The predicted molar refractivity (Wildman–Crippen MR) is 101 cm³/mol. The second-order valence-corrected chi connectivity index (χ2v) is 5.66. The predicted octanol–water partition coefficient (Wildman–Crippen LogP) is 3.52. The van der Waals surface area contributed by atoms with Crippen molar-refractivity contribution in [1.82, 2.24) is 21.0 Å². The molecule has 0 spiro atoms. The zero-order valence-corrected chi connectivity index (χ0v) is 14.8. The minimum atomic E-state index is -0.411. The van der Waals surface area contributed by atoms with Crippen molar-refractivity contribution in [1.29, 1.82) is 0 Å². The Kier molecular flexibility index (Phi) is 5.51. The van der Waals surface area contributed by atoms with Crippen molar-refractivity contribution >= 4 is 11.6 Å². The van der Waals surface area contributed by atoms with E-state index in [4.69, 9.17) is 4.74 Å². The number of hydrazine groups is 1. The number of hydrogen-bond donors (Lipinski definition) is 3. The van der Waals surface area contributed by atoms with Crippen LogP contribution in [0.25, 0.3) is 17.0 Å². The van der Waals surface area contributed by atoms with E-state index in [0.717, 1.165) is 5.56 Å². The zero-order valence-electron chi connectivity index (χ0n) is 14.8. The summed E-state index contributed by atoms with van der Waals surface area (Å²) < 4.78 is 18.6. The highest BCUT2D eigenvalue weighted by molar-refractivity contribution is 5.93. The average Bonchev–Trinajstić information content (AvgIpc) is 3.17. The van der Waals surface area contributed by atoms with Gasteiger partial charge < -0.3 is 4.74 Å². The Balaban J connectivity index is 1.67. The fourth-order valence-corrected chi connectivity index (χ4v) is 2.46. The van der Waals surface area contributed by atoms with E-state index in [1.54, 1.807) is 18.2 Å². The number of nitrogens with zero attached hydrogens (tertiary/aromatic N) is 1. The fourth-order valence-electron chi connectivity index (χ4n) is 2.46. The number of hydrogen-bond acceptors (Lipinski definition) is 4. The first-order valence-electron chi connectivity index (χ1n) is 8.37. The molecule has 0 aliphatic heterocycles. The Bertz CT molecular complexity index is 951. The first kappa shape index (κ1) is 18.2. The SMILES string of the molecule is C=C(NNC(=O)c1cc(-c2ccccc2OCC)n[nH]1)c1ccc(F)cc1. The van der Waals surface area contributed by atoms with Crippen molar-refractivity contribution in [3.05, 3.63) is 78.3 Å². The van der Waals surface area contributed by atoms with E-state index in [2.05, 4.69) is 27.6 Å². The Labute approximate surface area is 156 Å². The normalized spacial score (nSPS) is 10.3. The maximum absolute atomic E-state index is 13.0. The third-order valence-corrected chi connectivity index (χ3v) is 3.80.